The van der Waals surface area contributed by atoms with E-state index in [0.29, 0.717) is 5.92 Å². The van der Waals surface area contributed by atoms with Gasteiger partial charge in [0.2, 0.25) is 0 Å². The van der Waals surface area contributed by atoms with E-state index in [4.69, 9.17) is 0 Å². The van der Waals surface area contributed by atoms with Crippen LogP contribution in [0.15, 0.2) is 39.9 Å². The van der Waals surface area contributed by atoms with Crippen LogP contribution >= 0.6 is 0 Å². The molecule has 1 aromatic heterocycles. The smallest absolute Gasteiger partial charge is 0.326 e. The Kier molecular flexibility index (Phi) is 6.56. The lowest BCUT2D eigenvalue weighted by molar-refractivity contribution is 0.0921. The van der Waals surface area contributed by atoms with Crippen molar-refractivity contribution in [1.82, 2.24) is 20.2 Å². The van der Waals surface area contributed by atoms with Crippen molar-refractivity contribution in [1.29, 1.82) is 0 Å². The first-order valence-corrected chi connectivity index (χ1v) is 11.2. The summed E-state index contributed by atoms with van der Waals surface area (Å²) in [6.45, 7) is 1.84. The third-order valence-electron chi connectivity index (χ3n) is 6.57. The number of aromatic amines is 2. The summed E-state index contributed by atoms with van der Waals surface area (Å²) in [5.41, 5.74) is 0.302. The Bertz CT molecular complexity index is 1000. The van der Waals surface area contributed by atoms with E-state index in [0.717, 1.165) is 51.6 Å². The van der Waals surface area contributed by atoms with Crippen molar-refractivity contribution >= 4 is 11.6 Å². The maximum absolute atomic E-state index is 13.0. The van der Waals surface area contributed by atoms with E-state index in [9.17, 15) is 14.4 Å². The summed E-state index contributed by atoms with van der Waals surface area (Å²) in [7, 11) is 2.06. The Balaban J connectivity index is 1.42. The minimum absolute atomic E-state index is 0.0258. The summed E-state index contributed by atoms with van der Waals surface area (Å²) >= 11 is 0. The number of piperidine rings is 1. The molecule has 166 valence electrons. The third-order valence-corrected chi connectivity index (χ3v) is 6.57. The average Bonchev–Trinajstić information content (AvgIpc) is 2.78. The van der Waals surface area contributed by atoms with Crippen LogP contribution in [-0.4, -0.2) is 53.0 Å². The van der Waals surface area contributed by atoms with E-state index in [-0.39, 0.29) is 23.5 Å². The molecule has 0 unspecified atom stereocenters. The molecule has 1 aliphatic carbocycles. The SMILES string of the molecule is CN1CCC(Nc2c(C(=O)N[C@H]3CC[C@@H](c4ccccc4)CC3)[nH]c(=O)[nH]c2=O)CC1. The maximum Gasteiger partial charge on any atom is 0.326 e. The van der Waals surface area contributed by atoms with Crippen molar-refractivity contribution in [2.45, 2.75) is 56.5 Å². The maximum atomic E-state index is 13.0. The third kappa shape index (κ3) is 5.25. The number of hydrogen-bond acceptors (Lipinski definition) is 5. The van der Waals surface area contributed by atoms with E-state index in [2.05, 4.69) is 56.8 Å². The van der Waals surface area contributed by atoms with Gasteiger partial charge >= 0.3 is 5.69 Å². The molecule has 0 radical (unpaired) electrons. The second kappa shape index (κ2) is 9.51. The van der Waals surface area contributed by atoms with Gasteiger partial charge in [-0.1, -0.05) is 30.3 Å². The van der Waals surface area contributed by atoms with Gasteiger partial charge in [-0.15, -0.1) is 0 Å². The van der Waals surface area contributed by atoms with Gasteiger partial charge in [-0.05, 0) is 70.1 Å². The molecule has 1 saturated carbocycles. The number of carbonyl (C=O) groups is 1. The van der Waals surface area contributed by atoms with Crippen molar-refractivity contribution in [2.75, 3.05) is 25.5 Å². The van der Waals surface area contributed by atoms with Gasteiger partial charge < -0.3 is 20.5 Å². The van der Waals surface area contributed by atoms with Gasteiger partial charge in [0.05, 0.1) is 0 Å². The number of nitrogens with one attached hydrogen (secondary N) is 4. The molecule has 1 aliphatic heterocycles. The molecule has 4 N–H and O–H groups in total. The van der Waals surface area contributed by atoms with E-state index in [1.807, 2.05) is 6.07 Å². The quantitative estimate of drug-likeness (QED) is 0.586. The fourth-order valence-electron chi connectivity index (χ4n) is 4.71. The molecule has 1 saturated heterocycles. The van der Waals surface area contributed by atoms with Gasteiger partial charge in [-0.3, -0.25) is 14.6 Å². The number of anilines is 1. The minimum atomic E-state index is -0.670. The van der Waals surface area contributed by atoms with Crippen molar-refractivity contribution < 1.29 is 4.79 Å². The van der Waals surface area contributed by atoms with Crippen LogP contribution in [0, 0.1) is 0 Å². The molecule has 2 aliphatic rings. The van der Waals surface area contributed by atoms with Gasteiger partial charge in [-0.2, -0.15) is 0 Å². The number of nitrogens with zero attached hydrogens (tertiary/aromatic N) is 1. The van der Waals surface area contributed by atoms with E-state index < -0.39 is 17.2 Å². The fourth-order valence-corrected chi connectivity index (χ4v) is 4.71. The lowest BCUT2D eigenvalue weighted by atomic mass is 9.82. The highest BCUT2D eigenvalue weighted by atomic mass is 16.2. The molecule has 31 heavy (non-hydrogen) atoms. The van der Waals surface area contributed by atoms with Crippen LogP contribution in [-0.2, 0) is 0 Å². The average molecular weight is 426 g/mol. The predicted octanol–water partition coefficient (Wildman–Crippen LogP) is 2.03. The van der Waals surface area contributed by atoms with Gasteiger partial charge in [-0.25, -0.2) is 4.79 Å². The molecular formula is C23H31N5O3. The monoisotopic (exact) mass is 425 g/mol. The highest BCUT2D eigenvalue weighted by Gasteiger charge is 2.27. The zero-order chi connectivity index (χ0) is 21.8. The number of carbonyl (C=O) groups excluding carboxylic acids is 1. The summed E-state index contributed by atoms with van der Waals surface area (Å²) in [4.78, 5) is 44.4. The Morgan fingerprint density at radius 1 is 0.935 bits per heavy atom. The number of amides is 1. The standard InChI is InChI=1S/C23H31N5O3/c1-28-13-11-18(12-14-28)24-19-20(26-23(31)27-22(19)30)21(29)25-17-9-7-16(8-10-17)15-5-3-2-4-6-15/h2-6,16-18,24H,7-14H2,1H3,(H,25,29)(H2,26,27,30,31)/t16-,17+. The van der Waals surface area contributed by atoms with E-state index >= 15 is 0 Å². The predicted molar refractivity (Wildman–Crippen MR) is 121 cm³/mol. The number of H-pyrrole nitrogens is 2. The van der Waals surface area contributed by atoms with Gasteiger partial charge in [0.25, 0.3) is 11.5 Å². The molecule has 0 bridgehead atoms. The van der Waals surface area contributed by atoms with Crippen LogP contribution in [0.3, 0.4) is 0 Å². The molecule has 0 spiro atoms. The summed E-state index contributed by atoms with van der Waals surface area (Å²) in [6.07, 6.45) is 5.50. The van der Waals surface area contributed by atoms with Gasteiger partial charge in [0.15, 0.2) is 0 Å². The zero-order valence-electron chi connectivity index (χ0n) is 17.9. The Morgan fingerprint density at radius 2 is 1.61 bits per heavy atom. The Morgan fingerprint density at radius 3 is 2.29 bits per heavy atom. The van der Waals surface area contributed by atoms with Crippen molar-refractivity contribution in [3.63, 3.8) is 0 Å². The topological polar surface area (TPSA) is 110 Å². The van der Waals surface area contributed by atoms with Crippen LogP contribution in [0.4, 0.5) is 5.69 Å². The summed E-state index contributed by atoms with van der Waals surface area (Å²) in [5, 5.41) is 6.25. The minimum Gasteiger partial charge on any atom is -0.376 e. The first-order valence-electron chi connectivity index (χ1n) is 11.2. The second-order valence-electron chi connectivity index (χ2n) is 8.81. The van der Waals surface area contributed by atoms with Crippen molar-refractivity contribution in [3.05, 3.63) is 62.4 Å². The van der Waals surface area contributed by atoms with Crippen LogP contribution in [0.5, 0.6) is 0 Å². The van der Waals surface area contributed by atoms with Crippen molar-refractivity contribution in [3.8, 4) is 0 Å². The second-order valence-corrected chi connectivity index (χ2v) is 8.81. The lowest BCUT2D eigenvalue weighted by Gasteiger charge is -2.31. The molecule has 1 amide bonds. The van der Waals surface area contributed by atoms with Crippen LogP contribution in [0.1, 0.15) is 60.5 Å². The number of benzene rings is 1. The Labute approximate surface area is 181 Å². The molecular weight excluding hydrogens is 394 g/mol. The first-order chi connectivity index (χ1) is 15.0. The molecule has 8 heteroatoms. The van der Waals surface area contributed by atoms with Crippen LogP contribution < -0.4 is 21.9 Å². The number of likely N-dealkylation sites (tertiary alicyclic amines) is 1. The van der Waals surface area contributed by atoms with E-state index in [1.54, 1.807) is 0 Å². The van der Waals surface area contributed by atoms with Crippen molar-refractivity contribution in [2.24, 2.45) is 0 Å². The number of aromatic nitrogens is 2. The summed E-state index contributed by atoms with van der Waals surface area (Å²) in [5.74, 6) is 0.108. The van der Waals surface area contributed by atoms with Crippen LogP contribution in [0.2, 0.25) is 0 Å². The molecule has 2 aromatic rings. The molecule has 4 rings (SSSR count). The van der Waals surface area contributed by atoms with Gasteiger partial charge in [0.1, 0.15) is 11.4 Å². The summed E-state index contributed by atoms with van der Waals surface area (Å²) in [6, 6.07) is 10.6. The Hall–Kier alpha value is -2.87. The molecule has 2 heterocycles. The highest BCUT2D eigenvalue weighted by molar-refractivity contribution is 5.97. The molecule has 1 aromatic carbocycles. The normalized spacial score (nSPS) is 22.7. The number of hydrogen-bond donors (Lipinski definition) is 4. The molecule has 8 nitrogen and oxygen atoms in total. The lowest BCUT2D eigenvalue weighted by Crippen LogP contribution is -2.42. The highest BCUT2D eigenvalue weighted by Crippen LogP contribution is 2.32. The first kappa shape index (κ1) is 21.4. The largest absolute Gasteiger partial charge is 0.376 e. The molecule has 0 atom stereocenters. The zero-order valence-corrected chi connectivity index (χ0v) is 17.9. The summed E-state index contributed by atoms with van der Waals surface area (Å²) < 4.78 is 0. The van der Waals surface area contributed by atoms with E-state index in [1.165, 1.54) is 5.56 Å². The fraction of sp³-hybridized carbons (Fsp3) is 0.522. The van der Waals surface area contributed by atoms with Crippen LogP contribution in [0.25, 0.3) is 0 Å². The van der Waals surface area contributed by atoms with Gasteiger partial charge in [0, 0.05) is 12.1 Å². The molecule has 2 fully saturated rings. The number of rotatable bonds is 5.